The van der Waals surface area contributed by atoms with Crippen LogP contribution in [0.4, 0.5) is 0 Å². The van der Waals surface area contributed by atoms with E-state index in [9.17, 15) is 0 Å². The lowest BCUT2D eigenvalue weighted by atomic mass is 9.90. The van der Waals surface area contributed by atoms with Gasteiger partial charge in [0.05, 0.1) is 9.52 Å². The van der Waals surface area contributed by atoms with Gasteiger partial charge in [-0.25, -0.2) is 0 Å². The molecule has 0 bridgehead atoms. The Morgan fingerprint density at radius 3 is 1.97 bits per heavy atom. The van der Waals surface area contributed by atoms with Crippen LogP contribution in [0.1, 0.15) is 59.7 Å². The molecule has 170 valence electrons. The number of hydrogen-bond acceptors (Lipinski definition) is 0. The van der Waals surface area contributed by atoms with Crippen LogP contribution in [-0.4, -0.2) is 9.52 Å². The summed E-state index contributed by atoms with van der Waals surface area (Å²) in [4.78, 5) is 0. The van der Waals surface area contributed by atoms with E-state index in [2.05, 4.69) is 125 Å². The van der Waals surface area contributed by atoms with Crippen LogP contribution in [0, 0.1) is 6.92 Å². The van der Waals surface area contributed by atoms with Gasteiger partial charge in [0.15, 0.2) is 0 Å². The Balaban J connectivity index is 1.42. The van der Waals surface area contributed by atoms with Crippen LogP contribution in [0.3, 0.4) is 0 Å². The molecule has 6 rings (SSSR count). The smallest absolute Gasteiger partial charge is 0.0678 e. The van der Waals surface area contributed by atoms with Crippen molar-refractivity contribution >= 4 is 21.2 Å². The van der Waals surface area contributed by atoms with Crippen molar-refractivity contribution in [2.75, 3.05) is 0 Å². The zero-order valence-corrected chi connectivity index (χ0v) is 21.9. The van der Waals surface area contributed by atoms with Gasteiger partial charge in [-0.15, -0.1) is 0 Å². The Labute approximate surface area is 211 Å². The van der Waals surface area contributed by atoms with Crippen LogP contribution in [0.5, 0.6) is 0 Å². The van der Waals surface area contributed by atoms with Crippen molar-refractivity contribution < 1.29 is 0 Å². The molecule has 1 heteroatoms. The molecule has 4 aromatic carbocycles. The highest BCUT2D eigenvalue weighted by atomic mass is 28.2. The number of fused-ring (bicyclic) bond motifs is 2. The molecule has 0 saturated carbocycles. The molecule has 35 heavy (non-hydrogen) atoms. The molecular formula is C34H30Si. The van der Waals surface area contributed by atoms with E-state index in [0.29, 0.717) is 11.1 Å². The molecule has 0 amide bonds. The highest BCUT2D eigenvalue weighted by Crippen LogP contribution is 2.50. The molecule has 0 N–H and O–H groups in total. The van der Waals surface area contributed by atoms with Gasteiger partial charge in [-0.3, -0.25) is 0 Å². The van der Waals surface area contributed by atoms with E-state index < -0.39 is 0 Å². The third kappa shape index (κ3) is 3.57. The lowest BCUT2D eigenvalue weighted by Gasteiger charge is -2.22. The molecule has 4 aromatic rings. The number of aryl methyl sites for hydroxylation is 1. The Morgan fingerprint density at radius 1 is 0.571 bits per heavy atom. The zero-order chi connectivity index (χ0) is 24.1. The minimum atomic E-state index is 0.479. The van der Waals surface area contributed by atoms with Crippen molar-refractivity contribution in [3.8, 4) is 22.3 Å². The Kier molecular flexibility index (Phi) is 5.46. The van der Waals surface area contributed by atoms with E-state index in [1.807, 2.05) is 0 Å². The van der Waals surface area contributed by atoms with Gasteiger partial charge in [0.2, 0.25) is 0 Å². The maximum Gasteiger partial charge on any atom is 0.0678 e. The van der Waals surface area contributed by atoms with E-state index in [0.717, 1.165) is 9.52 Å². The first kappa shape index (κ1) is 22.1. The zero-order valence-electron chi connectivity index (χ0n) is 20.9. The Hall–Kier alpha value is -3.42. The summed E-state index contributed by atoms with van der Waals surface area (Å²) in [6, 6.07) is 33.4. The first-order chi connectivity index (χ1) is 17.0. The minimum Gasteiger partial charge on any atom is -0.0684 e. The van der Waals surface area contributed by atoms with Crippen molar-refractivity contribution in [3.63, 3.8) is 0 Å². The average Bonchev–Trinajstić information content (AvgIpc) is 3.33. The molecule has 0 heterocycles. The average molecular weight is 467 g/mol. The van der Waals surface area contributed by atoms with Crippen LogP contribution >= 0.6 is 0 Å². The predicted molar refractivity (Wildman–Crippen MR) is 152 cm³/mol. The lowest BCUT2D eigenvalue weighted by molar-refractivity contribution is 1.04. The molecule has 2 aliphatic rings. The molecule has 0 aliphatic heterocycles. The van der Waals surface area contributed by atoms with Gasteiger partial charge in [-0.1, -0.05) is 108 Å². The highest BCUT2D eigenvalue weighted by Gasteiger charge is 2.35. The van der Waals surface area contributed by atoms with Crippen LogP contribution in [0.25, 0.3) is 33.9 Å². The summed E-state index contributed by atoms with van der Waals surface area (Å²) in [5.74, 6) is 0. The van der Waals surface area contributed by atoms with E-state index >= 15 is 0 Å². The molecule has 0 saturated heterocycles. The molecular weight excluding hydrogens is 436 g/mol. The molecule has 0 spiro atoms. The van der Waals surface area contributed by atoms with E-state index in [1.165, 1.54) is 61.2 Å². The molecule has 2 unspecified atom stereocenters. The fraction of sp³-hybridized carbons (Fsp3) is 0.176. The summed E-state index contributed by atoms with van der Waals surface area (Å²) >= 11 is 0. The second kappa shape index (κ2) is 8.66. The predicted octanol–water partition coefficient (Wildman–Crippen LogP) is 9.04. The standard InChI is InChI=1S/C34H30Si/c1-21-18-19-29-32(31(21)26-14-9-6-10-15-26)23(3)24(4)34(29)35-33-22(2)20-30-27(16-11-17-28(30)33)25-12-7-5-8-13-25/h5-20,33-34H,1-4H3. The van der Waals surface area contributed by atoms with Crippen LogP contribution in [0.15, 0.2) is 102 Å². The molecule has 2 aliphatic carbocycles. The van der Waals surface area contributed by atoms with Crippen molar-refractivity contribution in [2.45, 2.75) is 38.8 Å². The monoisotopic (exact) mass is 466 g/mol. The second-order valence-electron chi connectivity index (χ2n) is 9.99. The number of hydrogen-bond donors (Lipinski definition) is 0. The number of allylic oxidation sites excluding steroid dienone is 3. The van der Waals surface area contributed by atoms with Gasteiger partial charge in [0.1, 0.15) is 0 Å². The normalized spacial score (nSPS) is 18.5. The van der Waals surface area contributed by atoms with Crippen molar-refractivity contribution in [1.29, 1.82) is 0 Å². The molecule has 0 fully saturated rings. The van der Waals surface area contributed by atoms with Crippen molar-refractivity contribution in [3.05, 3.63) is 130 Å². The summed E-state index contributed by atoms with van der Waals surface area (Å²) in [5, 5.41) is 0. The van der Waals surface area contributed by atoms with Gasteiger partial charge >= 0.3 is 0 Å². The Morgan fingerprint density at radius 2 is 1.26 bits per heavy atom. The first-order valence-electron chi connectivity index (χ1n) is 12.5. The fourth-order valence-electron chi connectivity index (χ4n) is 6.02. The maximum absolute atomic E-state index is 2.45. The maximum atomic E-state index is 2.45. The van der Waals surface area contributed by atoms with Crippen LogP contribution < -0.4 is 0 Å². The first-order valence-corrected chi connectivity index (χ1v) is 13.7. The van der Waals surface area contributed by atoms with Gasteiger partial charge < -0.3 is 0 Å². The summed E-state index contributed by atoms with van der Waals surface area (Å²) in [7, 11) is 0.799. The third-order valence-electron chi connectivity index (χ3n) is 7.92. The largest absolute Gasteiger partial charge is 0.0684 e. The third-order valence-corrected chi connectivity index (χ3v) is 10.1. The summed E-state index contributed by atoms with van der Waals surface area (Å²) < 4.78 is 0. The van der Waals surface area contributed by atoms with E-state index in [4.69, 9.17) is 0 Å². The number of benzene rings is 4. The Bertz CT molecular complexity index is 1490. The van der Waals surface area contributed by atoms with E-state index in [-0.39, 0.29) is 0 Å². The minimum absolute atomic E-state index is 0.479. The summed E-state index contributed by atoms with van der Waals surface area (Å²) in [6.45, 7) is 9.29. The van der Waals surface area contributed by atoms with Gasteiger partial charge in [-0.05, 0) is 94.4 Å². The van der Waals surface area contributed by atoms with Gasteiger partial charge in [-0.2, -0.15) is 0 Å². The van der Waals surface area contributed by atoms with Crippen molar-refractivity contribution in [1.82, 2.24) is 0 Å². The molecule has 2 radical (unpaired) electrons. The van der Waals surface area contributed by atoms with Crippen LogP contribution in [-0.2, 0) is 0 Å². The fourth-order valence-corrected chi connectivity index (χ4v) is 8.01. The second-order valence-corrected chi connectivity index (χ2v) is 11.5. The molecule has 0 nitrogen and oxygen atoms in total. The lowest BCUT2D eigenvalue weighted by Crippen LogP contribution is -2.17. The van der Waals surface area contributed by atoms with Gasteiger partial charge in [0, 0.05) is 0 Å². The SMILES string of the molecule is CC1=Cc2c(-c3ccccc3)cccc2C1[Si]C1C(C)=C(C)c2c1ccc(C)c2-c1ccccc1. The van der Waals surface area contributed by atoms with Crippen LogP contribution in [0.2, 0.25) is 0 Å². The van der Waals surface area contributed by atoms with Gasteiger partial charge in [0.25, 0.3) is 0 Å². The summed E-state index contributed by atoms with van der Waals surface area (Å²) in [6.07, 6.45) is 2.45. The quantitative estimate of drug-likeness (QED) is 0.263. The number of rotatable bonds is 4. The molecule has 0 aromatic heterocycles. The molecule has 2 atom stereocenters. The topological polar surface area (TPSA) is 0 Å². The highest BCUT2D eigenvalue weighted by molar-refractivity contribution is 6.44. The van der Waals surface area contributed by atoms with E-state index in [1.54, 1.807) is 5.57 Å². The van der Waals surface area contributed by atoms with Crippen molar-refractivity contribution in [2.24, 2.45) is 0 Å². The summed E-state index contributed by atoms with van der Waals surface area (Å²) in [5.41, 5.74) is 18.1.